The molecule has 0 radical (unpaired) electrons. The molecule has 1 amide bonds. The van der Waals surface area contributed by atoms with E-state index in [4.69, 9.17) is 11.6 Å². The molecule has 0 aliphatic rings. The lowest BCUT2D eigenvalue weighted by molar-refractivity contribution is -0.116. The number of benzene rings is 2. The molecule has 0 atom stereocenters. The Morgan fingerprint density at radius 2 is 1.76 bits per heavy atom. The molecule has 0 fully saturated rings. The average molecular weight is 381 g/mol. The van der Waals surface area contributed by atoms with Gasteiger partial charge in [0.2, 0.25) is 15.9 Å². The topological polar surface area (TPSA) is 66.5 Å². The summed E-state index contributed by atoms with van der Waals surface area (Å²) >= 11 is 5.93. The molecule has 0 heterocycles. The van der Waals surface area contributed by atoms with Crippen LogP contribution in [0.4, 0.5) is 11.4 Å². The summed E-state index contributed by atoms with van der Waals surface area (Å²) in [5.41, 5.74) is 3.04. The maximum atomic E-state index is 12.1. The molecule has 0 aliphatic heterocycles. The van der Waals surface area contributed by atoms with E-state index < -0.39 is 10.0 Å². The van der Waals surface area contributed by atoms with Crippen LogP contribution in [0.1, 0.15) is 17.5 Å². The van der Waals surface area contributed by atoms with Crippen LogP contribution in [-0.2, 0) is 14.8 Å². The van der Waals surface area contributed by atoms with Crippen LogP contribution in [0.2, 0.25) is 5.02 Å². The number of hydrogen-bond acceptors (Lipinski definition) is 3. The van der Waals surface area contributed by atoms with Crippen LogP contribution in [0.5, 0.6) is 0 Å². The van der Waals surface area contributed by atoms with Gasteiger partial charge < -0.3 is 5.32 Å². The quantitative estimate of drug-likeness (QED) is 0.829. The van der Waals surface area contributed by atoms with E-state index in [0.717, 1.165) is 17.4 Å². The Balaban J connectivity index is 2.10. The second-order valence-electron chi connectivity index (χ2n) is 5.93. The lowest BCUT2D eigenvalue weighted by Crippen LogP contribution is -2.33. The minimum absolute atomic E-state index is 0.0447. The zero-order valence-electron chi connectivity index (χ0n) is 14.4. The summed E-state index contributed by atoms with van der Waals surface area (Å²) in [6, 6.07) is 12.4. The first-order valence-corrected chi connectivity index (χ1v) is 10.00. The molecule has 7 heteroatoms. The van der Waals surface area contributed by atoms with Gasteiger partial charge in [-0.15, -0.1) is 0 Å². The van der Waals surface area contributed by atoms with Gasteiger partial charge >= 0.3 is 0 Å². The van der Waals surface area contributed by atoms with Gasteiger partial charge in [0.15, 0.2) is 0 Å². The highest BCUT2D eigenvalue weighted by molar-refractivity contribution is 7.92. The van der Waals surface area contributed by atoms with Crippen molar-refractivity contribution in [2.45, 2.75) is 20.3 Å². The SMILES string of the molecule is Cc1ccc(NC(=O)CCN(c2ccc(Cl)cc2C)S(C)(=O)=O)cc1. The minimum atomic E-state index is -3.52. The number of amides is 1. The summed E-state index contributed by atoms with van der Waals surface area (Å²) in [6.07, 6.45) is 1.17. The van der Waals surface area contributed by atoms with E-state index in [1.54, 1.807) is 25.1 Å². The molecule has 2 aromatic rings. The van der Waals surface area contributed by atoms with Crippen LogP contribution >= 0.6 is 11.6 Å². The monoisotopic (exact) mass is 380 g/mol. The highest BCUT2D eigenvalue weighted by Crippen LogP contribution is 2.25. The number of sulfonamides is 1. The third kappa shape index (κ3) is 5.47. The van der Waals surface area contributed by atoms with Crippen LogP contribution < -0.4 is 9.62 Å². The molecule has 0 aliphatic carbocycles. The van der Waals surface area contributed by atoms with E-state index >= 15 is 0 Å². The molecule has 2 aromatic carbocycles. The normalized spacial score (nSPS) is 11.2. The fourth-order valence-electron chi connectivity index (χ4n) is 2.43. The molecule has 0 saturated carbocycles. The molecule has 5 nitrogen and oxygen atoms in total. The molecule has 0 unspecified atom stereocenters. The minimum Gasteiger partial charge on any atom is -0.326 e. The van der Waals surface area contributed by atoms with E-state index in [1.165, 1.54) is 4.31 Å². The summed E-state index contributed by atoms with van der Waals surface area (Å²) in [6.45, 7) is 3.80. The number of nitrogens with one attached hydrogen (secondary N) is 1. The predicted octanol–water partition coefficient (Wildman–Crippen LogP) is 3.75. The summed E-state index contributed by atoms with van der Waals surface area (Å²) in [5.74, 6) is -0.246. The third-order valence-electron chi connectivity index (χ3n) is 3.71. The van der Waals surface area contributed by atoms with E-state index in [1.807, 2.05) is 31.2 Å². The van der Waals surface area contributed by atoms with Crippen molar-refractivity contribution in [2.75, 3.05) is 22.4 Å². The highest BCUT2D eigenvalue weighted by atomic mass is 35.5. The number of hydrogen-bond donors (Lipinski definition) is 1. The van der Waals surface area contributed by atoms with Gasteiger partial charge in [-0.05, 0) is 49.7 Å². The molecular weight excluding hydrogens is 360 g/mol. The van der Waals surface area contributed by atoms with Gasteiger partial charge in [-0.3, -0.25) is 9.10 Å². The fourth-order valence-corrected chi connectivity index (χ4v) is 3.64. The van der Waals surface area contributed by atoms with Gasteiger partial charge in [0.05, 0.1) is 11.9 Å². The Bertz CT molecular complexity index is 864. The second kappa shape index (κ2) is 7.89. The Morgan fingerprint density at radius 1 is 1.12 bits per heavy atom. The Kier molecular flexibility index (Phi) is 6.08. The number of rotatable bonds is 6. The highest BCUT2D eigenvalue weighted by Gasteiger charge is 2.20. The van der Waals surface area contributed by atoms with Crippen LogP contribution in [0.15, 0.2) is 42.5 Å². The van der Waals surface area contributed by atoms with Gasteiger partial charge in [0, 0.05) is 23.7 Å². The molecule has 0 bridgehead atoms. The molecule has 0 aromatic heterocycles. The lowest BCUT2D eigenvalue weighted by atomic mass is 10.2. The fraction of sp³-hybridized carbons (Fsp3) is 0.278. The van der Waals surface area contributed by atoms with Crippen molar-refractivity contribution in [1.82, 2.24) is 0 Å². The first kappa shape index (κ1) is 19.3. The average Bonchev–Trinajstić information content (AvgIpc) is 2.50. The maximum absolute atomic E-state index is 12.1. The van der Waals surface area contributed by atoms with Crippen LogP contribution in [0, 0.1) is 13.8 Å². The molecular formula is C18H21ClN2O3S. The van der Waals surface area contributed by atoms with Crippen molar-refractivity contribution >= 4 is 38.9 Å². The largest absolute Gasteiger partial charge is 0.326 e. The number of nitrogens with zero attached hydrogens (tertiary/aromatic N) is 1. The number of carbonyl (C=O) groups is 1. The zero-order valence-corrected chi connectivity index (χ0v) is 16.0. The molecule has 0 saturated heterocycles. The third-order valence-corrected chi connectivity index (χ3v) is 5.12. The Labute approximate surface area is 153 Å². The van der Waals surface area contributed by atoms with Gasteiger partial charge in [-0.2, -0.15) is 0 Å². The summed E-state index contributed by atoms with van der Waals surface area (Å²) in [7, 11) is -3.52. The number of anilines is 2. The molecule has 2 rings (SSSR count). The Hall–Kier alpha value is -2.05. The van der Waals surface area contributed by atoms with Gasteiger partial charge in [0.1, 0.15) is 0 Å². The molecule has 1 N–H and O–H groups in total. The van der Waals surface area contributed by atoms with Crippen LogP contribution in [-0.4, -0.2) is 27.1 Å². The zero-order chi connectivity index (χ0) is 18.6. The van der Waals surface area contributed by atoms with Crippen molar-refractivity contribution in [2.24, 2.45) is 0 Å². The number of carbonyl (C=O) groups excluding carboxylic acids is 1. The summed E-state index contributed by atoms with van der Waals surface area (Å²) in [4.78, 5) is 12.1. The first-order chi connectivity index (χ1) is 11.7. The van der Waals surface area contributed by atoms with E-state index in [0.29, 0.717) is 16.4 Å². The van der Waals surface area contributed by atoms with Gasteiger partial charge in [-0.1, -0.05) is 29.3 Å². The number of aryl methyl sites for hydroxylation is 2. The summed E-state index contributed by atoms with van der Waals surface area (Å²) < 4.78 is 25.5. The van der Waals surface area contributed by atoms with Gasteiger partial charge in [-0.25, -0.2) is 8.42 Å². The van der Waals surface area contributed by atoms with E-state index in [-0.39, 0.29) is 18.9 Å². The Morgan fingerprint density at radius 3 is 2.32 bits per heavy atom. The van der Waals surface area contributed by atoms with Crippen molar-refractivity contribution in [3.8, 4) is 0 Å². The van der Waals surface area contributed by atoms with Crippen molar-refractivity contribution in [3.63, 3.8) is 0 Å². The van der Waals surface area contributed by atoms with Crippen molar-refractivity contribution in [1.29, 1.82) is 0 Å². The van der Waals surface area contributed by atoms with Gasteiger partial charge in [0.25, 0.3) is 0 Å². The van der Waals surface area contributed by atoms with E-state index in [9.17, 15) is 13.2 Å². The molecule has 25 heavy (non-hydrogen) atoms. The first-order valence-electron chi connectivity index (χ1n) is 7.77. The number of halogens is 1. The lowest BCUT2D eigenvalue weighted by Gasteiger charge is -2.24. The van der Waals surface area contributed by atoms with Crippen LogP contribution in [0.25, 0.3) is 0 Å². The van der Waals surface area contributed by atoms with E-state index in [2.05, 4.69) is 5.32 Å². The van der Waals surface area contributed by atoms with Crippen molar-refractivity contribution in [3.05, 3.63) is 58.6 Å². The summed E-state index contributed by atoms with van der Waals surface area (Å²) in [5, 5.41) is 3.30. The van der Waals surface area contributed by atoms with Crippen molar-refractivity contribution < 1.29 is 13.2 Å². The second-order valence-corrected chi connectivity index (χ2v) is 8.27. The van der Waals surface area contributed by atoms with Crippen LogP contribution in [0.3, 0.4) is 0 Å². The maximum Gasteiger partial charge on any atom is 0.232 e. The smallest absolute Gasteiger partial charge is 0.232 e. The molecule has 0 spiro atoms. The molecule has 134 valence electrons. The predicted molar refractivity (Wildman–Crippen MR) is 103 cm³/mol. The standard InChI is InChI=1S/C18H21ClN2O3S/c1-13-4-7-16(8-5-13)20-18(22)10-11-21(25(3,23)24)17-9-6-15(19)12-14(17)2/h4-9,12H,10-11H2,1-3H3,(H,20,22).